The van der Waals surface area contributed by atoms with E-state index in [1.807, 2.05) is 25.1 Å². The molecule has 1 fully saturated rings. The summed E-state index contributed by atoms with van der Waals surface area (Å²) in [5.41, 5.74) is 1.24. The number of nitrogens with zero attached hydrogens (tertiary/aromatic N) is 1. The minimum absolute atomic E-state index is 0. The summed E-state index contributed by atoms with van der Waals surface area (Å²) >= 11 is 0. The van der Waals surface area contributed by atoms with Crippen LogP contribution in [-0.4, -0.2) is 39.3 Å². The third-order valence-corrected chi connectivity index (χ3v) is 4.95. The Morgan fingerprint density at radius 3 is 2.43 bits per heavy atom. The highest BCUT2D eigenvalue weighted by molar-refractivity contribution is 14.0. The second-order valence-electron chi connectivity index (χ2n) is 6.93. The molecule has 3 rings (SSSR count). The van der Waals surface area contributed by atoms with Gasteiger partial charge in [0.2, 0.25) is 0 Å². The number of ether oxygens (including phenoxy) is 2. The fourth-order valence-corrected chi connectivity index (χ4v) is 3.37. The maximum Gasteiger partial charge on any atom is 0.191 e. The van der Waals surface area contributed by atoms with Crippen LogP contribution in [0.1, 0.15) is 30.4 Å². The van der Waals surface area contributed by atoms with Crippen molar-refractivity contribution < 1.29 is 18.3 Å². The Labute approximate surface area is 193 Å². The molecule has 0 heterocycles. The van der Waals surface area contributed by atoms with E-state index in [0.29, 0.717) is 37.0 Å². The quantitative estimate of drug-likeness (QED) is 0.304. The summed E-state index contributed by atoms with van der Waals surface area (Å²) in [4.78, 5) is 4.59. The lowest BCUT2D eigenvalue weighted by molar-refractivity contribution is 0.354. The Hall–Kier alpha value is -2.10. The van der Waals surface area contributed by atoms with E-state index >= 15 is 0 Å². The maximum atomic E-state index is 14.0. The summed E-state index contributed by atoms with van der Waals surface area (Å²) in [6.45, 7) is 3.25. The predicted octanol–water partition coefficient (Wildman–Crippen LogP) is 4.25. The molecule has 2 unspecified atom stereocenters. The van der Waals surface area contributed by atoms with Crippen LogP contribution in [0.2, 0.25) is 0 Å². The van der Waals surface area contributed by atoms with Gasteiger partial charge in [0.1, 0.15) is 11.6 Å². The molecular weight excluding hydrogens is 503 g/mol. The van der Waals surface area contributed by atoms with Crippen molar-refractivity contribution >= 4 is 29.9 Å². The van der Waals surface area contributed by atoms with Gasteiger partial charge in [-0.05, 0) is 49.6 Å². The Morgan fingerprint density at radius 1 is 1.10 bits per heavy atom. The van der Waals surface area contributed by atoms with Crippen molar-refractivity contribution in [2.45, 2.75) is 31.7 Å². The zero-order valence-electron chi connectivity index (χ0n) is 17.4. The average Bonchev–Trinajstić information content (AvgIpc) is 3.46. The van der Waals surface area contributed by atoms with Crippen molar-refractivity contribution in [2.75, 3.05) is 27.3 Å². The van der Waals surface area contributed by atoms with Gasteiger partial charge in [0, 0.05) is 30.6 Å². The second-order valence-corrected chi connectivity index (χ2v) is 6.93. The van der Waals surface area contributed by atoms with Crippen molar-refractivity contribution in [3.05, 3.63) is 59.2 Å². The Kier molecular flexibility index (Phi) is 9.13. The Morgan fingerprint density at radius 2 is 1.80 bits per heavy atom. The molecule has 2 N–H and O–H groups in total. The van der Waals surface area contributed by atoms with E-state index in [4.69, 9.17) is 9.47 Å². The van der Waals surface area contributed by atoms with E-state index < -0.39 is 11.6 Å². The summed E-state index contributed by atoms with van der Waals surface area (Å²) in [6, 6.07) is 9.76. The first-order chi connectivity index (χ1) is 14.1. The molecule has 2 aromatic rings. The zero-order valence-corrected chi connectivity index (χ0v) is 19.7. The monoisotopic (exact) mass is 531 g/mol. The Bertz CT molecular complexity index is 859. The molecule has 2 aromatic carbocycles. The molecule has 0 spiro atoms. The molecule has 2 atom stereocenters. The lowest BCUT2D eigenvalue weighted by Gasteiger charge is -2.12. The summed E-state index contributed by atoms with van der Waals surface area (Å²) in [5, 5.41) is 6.47. The van der Waals surface area contributed by atoms with Gasteiger partial charge in [-0.3, -0.25) is 4.99 Å². The molecule has 30 heavy (non-hydrogen) atoms. The van der Waals surface area contributed by atoms with Crippen molar-refractivity contribution in [3.63, 3.8) is 0 Å². The number of hydrogen-bond acceptors (Lipinski definition) is 3. The first-order valence-electron chi connectivity index (χ1n) is 9.77. The van der Waals surface area contributed by atoms with Gasteiger partial charge < -0.3 is 20.1 Å². The normalized spacial score (nSPS) is 17.7. The fraction of sp³-hybridized carbons (Fsp3) is 0.409. The van der Waals surface area contributed by atoms with E-state index in [-0.39, 0.29) is 41.5 Å². The highest BCUT2D eigenvalue weighted by Crippen LogP contribution is 2.43. The number of guanidine groups is 1. The van der Waals surface area contributed by atoms with Crippen LogP contribution in [0, 0.1) is 11.6 Å². The first kappa shape index (κ1) is 24.2. The summed E-state index contributed by atoms with van der Waals surface area (Å²) < 4.78 is 38.5. The SMILES string of the molecule is CCNC(=NCCc1ccc(OC)c(OC)c1)NC1CC1c1c(F)cccc1F.I. The third kappa shape index (κ3) is 5.96. The number of methoxy groups -OCH3 is 2. The molecule has 0 saturated heterocycles. The van der Waals surface area contributed by atoms with Crippen LogP contribution in [-0.2, 0) is 6.42 Å². The van der Waals surface area contributed by atoms with Gasteiger partial charge in [-0.25, -0.2) is 8.78 Å². The molecule has 0 radical (unpaired) electrons. The summed E-state index contributed by atoms with van der Waals surface area (Å²) in [6.07, 6.45) is 1.41. The highest BCUT2D eigenvalue weighted by atomic mass is 127. The van der Waals surface area contributed by atoms with Gasteiger partial charge >= 0.3 is 0 Å². The average molecular weight is 531 g/mol. The standard InChI is InChI=1S/C22H27F2N3O2.HI/c1-4-25-22(26-11-10-14-8-9-19(28-2)20(12-14)29-3)27-18-13-15(18)21-16(23)6-5-7-17(21)24;/h5-9,12,15,18H,4,10-11,13H2,1-3H3,(H2,25,26,27);1H. The number of hydrogen-bond donors (Lipinski definition) is 2. The van der Waals surface area contributed by atoms with Gasteiger partial charge in [-0.15, -0.1) is 24.0 Å². The highest BCUT2D eigenvalue weighted by Gasteiger charge is 2.42. The molecule has 0 aromatic heterocycles. The van der Waals surface area contributed by atoms with E-state index in [0.717, 1.165) is 12.0 Å². The maximum absolute atomic E-state index is 14.0. The Balaban J connectivity index is 0.00000320. The van der Waals surface area contributed by atoms with Crippen molar-refractivity contribution in [2.24, 2.45) is 4.99 Å². The largest absolute Gasteiger partial charge is 0.493 e. The summed E-state index contributed by atoms with van der Waals surface area (Å²) in [7, 11) is 3.21. The van der Waals surface area contributed by atoms with E-state index in [9.17, 15) is 8.78 Å². The van der Waals surface area contributed by atoms with Crippen LogP contribution in [0.3, 0.4) is 0 Å². The van der Waals surface area contributed by atoms with E-state index in [1.54, 1.807) is 14.2 Å². The minimum atomic E-state index is -0.491. The number of nitrogens with one attached hydrogen (secondary N) is 2. The molecule has 1 aliphatic carbocycles. The molecule has 0 aliphatic heterocycles. The van der Waals surface area contributed by atoms with Crippen molar-refractivity contribution in [3.8, 4) is 11.5 Å². The molecular formula is C22H28F2IN3O2. The number of benzene rings is 2. The van der Waals surface area contributed by atoms with Crippen LogP contribution < -0.4 is 20.1 Å². The topological polar surface area (TPSA) is 54.9 Å². The van der Waals surface area contributed by atoms with Crippen LogP contribution >= 0.6 is 24.0 Å². The lowest BCUT2D eigenvalue weighted by atomic mass is 10.1. The molecule has 164 valence electrons. The van der Waals surface area contributed by atoms with Gasteiger partial charge in [-0.2, -0.15) is 0 Å². The van der Waals surface area contributed by atoms with Crippen LogP contribution in [0.5, 0.6) is 11.5 Å². The van der Waals surface area contributed by atoms with Crippen molar-refractivity contribution in [1.29, 1.82) is 0 Å². The van der Waals surface area contributed by atoms with Crippen LogP contribution in [0.15, 0.2) is 41.4 Å². The number of halogens is 3. The van der Waals surface area contributed by atoms with Gasteiger partial charge in [0.15, 0.2) is 17.5 Å². The third-order valence-electron chi connectivity index (χ3n) is 4.95. The first-order valence-corrected chi connectivity index (χ1v) is 9.77. The molecule has 1 aliphatic rings. The number of rotatable bonds is 8. The van der Waals surface area contributed by atoms with E-state index in [1.165, 1.54) is 18.2 Å². The van der Waals surface area contributed by atoms with Gasteiger partial charge in [0.25, 0.3) is 0 Å². The summed E-state index contributed by atoms with van der Waals surface area (Å²) in [5.74, 6) is 0.870. The van der Waals surface area contributed by atoms with Gasteiger partial charge in [-0.1, -0.05) is 12.1 Å². The molecule has 0 amide bonds. The second kappa shape index (κ2) is 11.3. The molecule has 1 saturated carbocycles. The van der Waals surface area contributed by atoms with Crippen LogP contribution in [0.25, 0.3) is 0 Å². The molecule has 8 heteroatoms. The number of aliphatic imine (C=N–C) groups is 1. The smallest absolute Gasteiger partial charge is 0.191 e. The minimum Gasteiger partial charge on any atom is -0.493 e. The van der Waals surface area contributed by atoms with Gasteiger partial charge in [0.05, 0.1) is 14.2 Å². The predicted molar refractivity (Wildman–Crippen MR) is 125 cm³/mol. The fourth-order valence-electron chi connectivity index (χ4n) is 3.37. The van der Waals surface area contributed by atoms with E-state index in [2.05, 4.69) is 15.6 Å². The molecule has 5 nitrogen and oxygen atoms in total. The lowest BCUT2D eigenvalue weighted by Crippen LogP contribution is -2.39. The van der Waals surface area contributed by atoms with Crippen LogP contribution in [0.4, 0.5) is 8.78 Å². The molecule has 0 bridgehead atoms. The zero-order chi connectivity index (χ0) is 20.8. The van der Waals surface area contributed by atoms with Crippen molar-refractivity contribution in [1.82, 2.24) is 10.6 Å².